The largest absolute Gasteiger partial charge is 0.371 e. The Labute approximate surface area is 161 Å². The van der Waals surface area contributed by atoms with Gasteiger partial charge in [0.2, 0.25) is 11.8 Å². The SMILES string of the molecule is CCCC(NC(=O)C1CNC1)C(=O)Nc1cccc(N2CCCC2)c1.Cl. The van der Waals surface area contributed by atoms with Gasteiger partial charge in [-0.1, -0.05) is 19.4 Å². The van der Waals surface area contributed by atoms with Crippen molar-refractivity contribution in [1.82, 2.24) is 10.6 Å². The molecule has 1 unspecified atom stereocenters. The van der Waals surface area contributed by atoms with Crippen molar-refractivity contribution in [2.45, 2.75) is 38.6 Å². The van der Waals surface area contributed by atoms with Crippen LogP contribution in [-0.2, 0) is 9.59 Å². The van der Waals surface area contributed by atoms with Crippen LogP contribution in [-0.4, -0.2) is 44.0 Å². The van der Waals surface area contributed by atoms with Crippen LogP contribution < -0.4 is 20.9 Å². The number of benzene rings is 1. The fraction of sp³-hybridized carbons (Fsp3) is 0.579. The molecule has 2 fully saturated rings. The molecule has 144 valence electrons. The van der Waals surface area contributed by atoms with E-state index in [0.717, 1.165) is 30.9 Å². The first-order valence-corrected chi connectivity index (χ1v) is 9.34. The van der Waals surface area contributed by atoms with E-state index in [4.69, 9.17) is 0 Å². The van der Waals surface area contributed by atoms with Gasteiger partial charge in [0, 0.05) is 37.6 Å². The topological polar surface area (TPSA) is 73.5 Å². The molecule has 2 aliphatic rings. The number of carbonyl (C=O) groups is 2. The van der Waals surface area contributed by atoms with Crippen molar-refractivity contribution in [3.63, 3.8) is 0 Å². The summed E-state index contributed by atoms with van der Waals surface area (Å²) >= 11 is 0. The first kappa shape index (κ1) is 20.5. The number of halogens is 1. The van der Waals surface area contributed by atoms with Gasteiger partial charge in [0.05, 0.1) is 5.92 Å². The highest BCUT2D eigenvalue weighted by molar-refractivity contribution is 5.97. The van der Waals surface area contributed by atoms with Crippen molar-refractivity contribution in [3.05, 3.63) is 24.3 Å². The minimum absolute atomic E-state index is 0. The zero-order chi connectivity index (χ0) is 17.6. The number of hydrogen-bond acceptors (Lipinski definition) is 4. The number of amides is 2. The number of carbonyl (C=O) groups excluding carboxylic acids is 2. The Balaban J connectivity index is 0.00000243. The first-order valence-electron chi connectivity index (χ1n) is 9.34. The van der Waals surface area contributed by atoms with Crippen LogP contribution in [0.4, 0.5) is 11.4 Å². The summed E-state index contributed by atoms with van der Waals surface area (Å²) in [6.07, 6.45) is 3.92. The smallest absolute Gasteiger partial charge is 0.246 e. The molecule has 2 aliphatic heterocycles. The Morgan fingerprint density at radius 1 is 1.27 bits per heavy atom. The molecule has 0 spiro atoms. The highest BCUT2D eigenvalue weighted by Crippen LogP contribution is 2.23. The maximum absolute atomic E-state index is 12.6. The van der Waals surface area contributed by atoms with Crippen LogP contribution in [0.3, 0.4) is 0 Å². The van der Waals surface area contributed by atoms with Crippen molar-refractivity contribution >= 4 is 35.6 Å². The molecule has 0 aliphatic carbocycles. The molecule has 3 N–H and O–H groups in total. The van der Waals surface area contributed by atoms with E-state index in [1.807, 2.05) is 25.1 Å². The van der Waals surface area contributed by atoms with Crippen molar-refractivity contribution in [2.24, 2.45) is 5.92 Å². The van der Waals surface area contributed by atoms with Crippen molar-refractivity contribution in [2.75, 3.05) is 36.4 Å². The number of anilines is 2. The Morgan fingerprint density at radius 3 is 2.62 bits per heavy atom. The number of nitrogens with one attached hydrogen (secondary N) is 3. The lowest BCUT2D eigenvalue weighted by Gasteiger charge is -2.28. The normalized spacial score (nSPS) is 17.8. The van der Waals surface area contributed by atoms with Gasteiger partial charge < -0.3 is 20.9 Å². The monoisotopic (exact) mass is 380 g/mol. The van der Waals surface area contributed by atoms with Crippen molar-refractivity contribution < 1.29 is 9.59 Å². The molecular formula is C19H29ClN4O2. The van der Waals surface area contributed by atoms with Crippen LogP contribution in [0.25, 0.3) is 0 Å². The maximum Gasteiger partial charge on any atom is 0.246 e. The second-order valence-electron chi connectivity index (χ2n) is 6.94. The van der Waals surface area contributed by atoms with E-state index in [9.17, 15) is 9.59 Å². The predicted octanol–water partition coefficient (Wildman–Crippen LogP) is 2.15. The third-order valence-electron chi connectivity index (χ3n) is 4.95. The molecule has 0 radical (unpaired) electrons. The summed E-state index contributed by atoms with van der Waals surface area (Å²) in [4.78, 5) is 27.1. The van der Waals surface area contributed by atoms with Crippen molar-refractivity contribution in [3.8, 4) is 0 Å². The summed E-state index contributed by atoms with van der Waals surface area (Å²) < 4.78 is 0. The Kier molecular flexibility index (Phi) is 7.72. The summed E-state index contributed by atoms with van der Waals surface area (Å²) in [6, 6.07) is 7.49. The summed E-state index contributed by atoms with van der Waals surface area (Å²) in [5.74, 6) is -0.176. The predicted molar refractivity (Wildman–Crippen MR) is 107 cm³/mol. The van der Waals surface area contributed by atoms with Gasteiger partial charge in [-0.15, -0.1) is 12.4 Å². The van der Waals surface area contributed by atoms with Gasteiger partial charge >= 0.3 is 0 Å². The van der Waals surface area contributed by atoms with Gasteiger partial charge in [-0.2, -0.15) is 0 Å². The maximum atomic E-state index is 12.6. The number of nitrogens with zero attached hydrogens (tertiary/aromatic N) is 1. The molecule has 6 nitrogen and oxygen atoms in total. The van der Waals surface area contributed by atoms with E-state index in [1.165, 1.54) is 12.8 Å². The summed E-state index contributed by atoms with van der Waals surface area (Å²) in [6.45, 7) is 5.56. The molecule has 1 aromatic rings. The van der Waals surface area contributed by atoms with Gasteiger partial charge in [-0.05, 0) is 37.5 Å². The van der Waals surface area contributed by atoms with E-state index >= 15 is 0 Å². The van der Waals surface area contributed by atoms with Crippen LogP contribution in [0.5, 0.6) is 0 Å². The standard InChI is InChI=1S/C19H28N4O2.ClH/c1-2-6-17(22-18(24)14-12-20-13-14)19(25)21-15-7-5-8-16(11-15)23-9-3-4-10-23;/h5,7-8,11,14,17,20H,2-4,6,9-10,12-13H2,1H3,(H,21,25)(H,22,24);1H. The third-order valence-corrected chi connectivity index (χ3v) is 4.95. The van der Waals surface area contributed by atoms with Crippen LogP contribution in [0.1, 0.15) is 32.6 Å². The number of rotatable bonds is 7. The molecule has 1 aromatic carbocycles. The highest BCUT2D eigenvalue weighted by Gasteiger charge is 2.28. The van der Waals surface area contributed by atoms with Gasteiger partial charge in [-0.3, -0.25) is 9.59 Å². The van der Waals surface area contributed by atoms with Gasteiger partial charge in [0.15, 0.2) is 0 Å². The third kappa shape index (κ3) is 5.11. The van der Waals surface area contributed by atoms with Crippen LogP contribution in [0, 0.1) is 5.92 Å². The molecule has 3 rings (SSSR count). The number of hydrogen-bond donors (Lipinski definition) is 3. The molecule has 2 amide bonds. The lowest BCUT2D eigenvalue weighted by atomic mass is 10.0. The summed E-state index contributed by atoms with van der Waals surface area (Å²) in [5.41, 5.74) is 1.93. The average molecular weight is 381 g/mol. The quantitative estimate of drug-likeness (QED) is 0.677. The molecule has 1 atom stereocenters. The molecule has 0 saturated carbocycles. The van der Waals surface area contributed by atoms with E-state index in [1.54, 1.807) is 0 Å². The second-order valence-corrected chi connectivity index (χ2v) is 6.94. The van der Waals surface area contributed by atoms with Crippen LogP contribution in [0.2, 0.25) is 0 Å². The minimum Gasteiger partial charge on any atom is -0.371 e. The lowest BCUT2D eigenvalue weighted by Crippen LogP contribution is -2.54. The Bertz CT molecular complexity index is 615. The van der Waals surface area contributed by atoms with E-state index in [-0.39, 0.29) is 30.1 Å². The Morgan fingerprint density at radius 2 is 2.00 bits per heavy atom. The van der Waals surface area contributed by atoms with Crippen LogP contribution >= 0.6 is 12.4 Å². The van der Waals surface area contributed by atoms with Crippen molar-refractivity contribution in [1.29, 1.82) is 0 Å². The summed E-state index contributed by atoms with van der Waals surface area (Å²) in [7, 11) is 0. The highest BCUT2D eigenvalue weighted by atomic mass is 35.5. The fourth-order valence-electron chi connectivity index (χ4n) is 3.31. The fourth-order valence-corrected chi connectivity index (χ4v) is 3.31. The summed E-state index contributed by atoms with van der Waals surface area (Å²) in [5, 5.41) is 8.97. The average Bonchev–Trinajstić information content (AvgIpc) is 3.07. The first-order chi connectivity index (χ1) is 12.2. The van der Waals surface area contributed by atoms with E-state index in [2.05, 4.69) is 26.9 Å². The van der Waals surface area contributed by atoms with Gasteiger partial charge in [0.1, 0.15) is 6.04 Å². The lowest BCUT2D eigenvalue weighted by molar-refractivity contribution is -0.130. The molecule has 0 aromatic heterocycles. The molecule has 2 saturated heterocycles. The zero-order valence-electron chi connectivity index (χ0n) is 15.3. The van der Waals surface area contributed by atoms with E-state index < -0.39 is 6.04 Å². The molecule has 2 heterocycles. The molecule has 26 heavy (non-hydrogen) atoms. The zero-order valence-corrected chi connectivity index (χ0v) is 16.1. The molecular weight excluding hydrogens is 352 g/mol. The van der Waals surface area contributed by atoms with Crippen LogP contribution in [0.15, 0.2) is 24.3 Å². The second kappa shape index (κ2) is 9.78. The minimum atomic E-state index is -0.478. The molecule has 7 heteroatoms. The Hall–Kier alpha value is -1.79. The molecule has 0 bridgehead atoms. The van der Waals surface area contributed by atoms with E-state index in [0.29, 0.717) is 19.5 Å². The van der Waals surface area contributed by atoms with Gasteiger partial charge in [-0.25, -0.2) is 0 Å². The van der Waals surface area contributed by atoms with Gasteiger partial charge in [0.25, 0.3) is 0 Å².